The van der Waals surface area contributed by atoms with Crippen LogP contribution in [-0.4, -0.2) is 42.9 Å². The van der Waals surface area contributed by atoms with E-state index in [1.54, 1.807) is 32.2 Å². The molecule has 26 heavy (non-hydrogen) atoms. The molecule has 3 aromatic heterocycles. The summed E-state index contributed by atoms with van der Waals surface area (Å²) in [5, 5.41) is 26.8. The molecule has 132 valence electrons. The number of hydrogen-bond acceptors (Lipinski definition) is 7. The van der Waals surface area contributed by atoms with Crippen molar-refractivity contribution in [3.63, 3.8) is 0 Å². The molecular formula is C17H17N7O2. The van der Waals surface area contributed by atoms with Crippen molar-refractivity contribution in [3.8, 4) is 11.9 Å². The van der Waals surface area contributed by atoms with E-state index in [0.29, 0.717) is 28.1 Å². The number of nitrogens with two attached hydrogens (primary N) is 1. The SMILES string of the molecule is CC(C)(O)CNc1cc(-n2ncc3cc(C#N)cnc32)ncc1C(N)=O. The molecule has 0 aliphatic carbocycles. The summed E-state index contributed by atoms with van der Waals surface area (Å²) in [6, 6.07) is 5.31. The van der Waals surface area contributed by atoms with Gasteiger partial charge in [0, 0.05) is 30.4 Å². The minimum absolute atomic E-state index is 0.203. The monoisotopic (exact) mass is 351 g/mol. The largest absolute Gasteiger partial charge is 0.389 e. The maximum atomic E-state index is 11.6. The summed E-state index contributed by atoms with van der Waals surface area (Å²) in [5.41, 5.74) is 6.01. The molecule has 9 heteroatoms. The Morgan fingerprint density at radius 2 is 2.12 bits per heavy atom. The summed E-state index contributed by atoms with van der Waals surface area (Å²) < 4.78 is 1.50. The molecule has 0 saturated carbocycles. The summed E-state index contributed by atoms with van der Waals surface area (Å²) in [7, 11) is 0. The number of pyridine rings is 2. The van der Waals surface area contributed by atoms with Crippen molar-refractivity contribution in [2.75, 3.05) is 11.9 Å². The molecule has 1 amide bonds. The normalized spacial score (nSPS) is 11.3. The van der Waals surface area contributed by atoms with Crippen molar-refractivity contribution < 1.29 is 9.90 Å². The highest BCUT2D eigenvalue weighted by Gasteiger charge is 2.17. The van der Waals surface area contributed by atoms with E-state index >= 15 is 0 Å². The van der Waals surface area contributed by atoms with Gasteiger partial charge in [-0.2, -0.15) is 15.0 Å². The molecule has 3 aromatic rings. The molecule has 0 fully saturated rings. The Labute approximate surface area is 149 Å². The number of nitrogens with zero attached hydrogens (tertiary/aromatic N) is 5. The molecule has 0 unspecified atom stereocenters. The van der Waals surface area contributed by atoms with Gasteiger partial charge in [-0.15, -0.1) is 0 Å². The maximum Gasteiger partial charge on any atom is 0.252 e. The third-order valence-corrected chi connectivity index (χ3v) is 3.62. The zero-order valence-corrected chi connectivity index (χ0v) is 14.3. The molecule has 4 N–H and O–H groups in total. The second-order valence-electron chi connectivity index (χ2n) is 6.42. The van der Waals surface area contributed by atoms with Crippen LogP contribution >= 0.6 is 0 Å². The van der Waals surface area contributed by atoms with Gasteiger partial charge in [-0.05, 0) is 19.9 Å². The number of nitrogens with one attached hydrogen (secondary N) is 1. The van der Waals surface area contributed by atoms with Crippen molar-refractivity contribution in [3.05, 3.63) is 41.9 Å². The average molecular weight is 351 g/mol. The first-order valence-corrected chi connectivity index (χ1v) is 7.79. The van der Waals surface area contributed by atoms with E-state index in [1.165, 1.54) is 17.1 Å². The summed E-state index contributed by atoms with van der Waals surface area (Å²) in [4.78, 5) is 20.1. The van der Waals surface area contributed by atoms with Gasteiger partial charge in [-0.25, -0.2) is 9.97 Å². The van der Waals surface area contributed by atoms with Gasteiger partial charge in [0.2, 0.25) is 0 Å². The molecule has 0 bridgehead atoms. The number of primary amides is 1. The summed E-state index contributed by atoms with van der Waals surface area (Å²) in [6.07, 6.45) is 4.38. The highest BCUT2D eigenvalue weighted by Crippen LogP contribution is 2.21. The smallest absolute Gasteiger partial charge is 0.252 e. The van der Waals surface area contributed by atoms with Crippen LogP contribution in [0.2, 0.25) is 0 Å². The number of fused-ring (bicyclic) bond motifs is 1. The predicted octanol–water partition coefficient (Wildman–Crippen LogP) is 0.969. The van der Waals surface area contributed by atoms with Gasteiger partial charge in [-0.1, -0.05) is 0 Å². The number of carbonyl (C=O) groups excluding carboxylic acids is 1. The zero-order valence-electron chi connectivity index (χ0n) is 14.3. The van der Waals surface area contributed by atoms with E-state index in [9.17, 15) is 9.90 Å². The van der Waals surface area contributed by atoms with Crippen molar-refractivity contribution in [1.29, 1.82) is 5.26 Å². The molecule has 0 aliphatic rings. The molecule has 3 rings (SSSR count). The lowest BCUT2D eigenvalue weighted by Crippen LogP contribution is -2.30. The zero-order chi connectivity index (χ0) is 18.9. The fourth-order valence-electron chi connectivity index (χ4n) is 2.36. The van der Waals surface area contributed by atoms with Crippen LogP contribution in [0.3, 0.4) is 0 Å². The molecule has 0 atom stereocenters. The van der Waals surface area contributed by atoms with Crippen LogP contribution in [0.4, 0.5) is 5.69 Å². The number of carbonyl (C=O) groups is 1. The minimum atomic E-state index is -0.980. The van der Waals surface area contributed by atoms with Crippen molar-refractivity contribution in [2.45, 2.75) is 19.4 Å². The van der Waals surface area contributed by atoms with E-state index in [4.69, 9.17) is 11.0 Å². The molecular weight excluding hydrogens is 334 g/mol. The Kier molecular flexibility index (Phi) is 4.28. The average Bonchev–Trinajstić information content (AvgIpc) is 3.01. The van der Waals surface area contributed by atoms with Gasteiger partial charge >= 0.3 is 0 Å². The fraction of sp³-hybridized carbons (Fsp3) is 0.235. The minimum Gasteiger partial charge on any atom is -0.389 e. The lowest BCUT2D eigenvalue weighted by molar-refractivity contribution is 0.0939. The quantitative estimate of drug-likeness (QED) is 0.621. The van der Waals surface area contributed by atoms with Crippen LogP contribution in [0.1, 0.15) is 29.8 Å². The van der Waals surface area contributed by atoms with Crippen LogP contribution in [0.25, 0.3) is 16.9 Å². The van der Waals surface area contributed by atoms with Crippen LogP contribution in [0.15, 0.2) is 30.7 Å². The Balaban J connectivity index is 2.06. The first-order chi connectivity index (χ1) is 12.3. The highest BCUT2D eigenvalue weighted by molar-refractivity contribution is 5.98. The fourth-order valence-corrected chi connectivity index (χ4v) is 2.36. The van der Waals surface area contributed by atoms with Crippen molar-refractivity contribution >= 4 is 22.6 Å². The number of rotatable bonds is 5. The lowest BCUT2D eigenvalue weighted by atomic mass is 10.1. The van der Waals surface area contributed by atoms with Crippen molar-refractivity contribution in [2.24, 2.45) is 5.73 Å². The molecule has 0 saturated heterocycles. The van der Waals surface area contributed by atoms with Gasteiger partial charge in [0.05, 0.1) is 28.6 Å². The topological polar surface area (TPSA) is 143 Å². The van der Waals surface area contributed by atoms with E-state index in [0.717, 1.165) is 0 Å². The summed E-state index contributed by atoms with van der Waals surface area (Å²) in [6.45, 7) is 3.49. The van der Waals surface area contributed by atoms with Crippen LogP contribution < -0.4 is 11.1 Å². The number of hydrogen-bond donors (Lipinski definition) is 3. The molecule has 0 radical (unpaired) electrons. The van der Waals surface area contributed by atoms with Crippen LogP contribution in [0, 0.1) is 11.3 Å². The van der Waals surface area contributed by atoms with Gasteiger partial charge in [-0.3, -0.25) is 4.79 Å². The van der Waals surface area contributed by atoms with Gasteiger partial charge in [0.25, 0.3) is 5.91 Å². The van der Waals surface area contributed by atoms with Crippen molar-refractivity contribution in [1.82, 2.24) is 19.7 Å². The molecule has 0 spiro atoms. The molecule has 9 nitrogen and oxygen atoms in total. The van der Waals surface area contributed by atoms with Gasteiger partial charge < -0.3 is 16.2 Å². The van der Waals surface area contributed by atoms with Crippen LogP contribution in [-0.2, 0) is 0 Å². The van der Waals surface area contributed by atoms with E-state index in [1.807, 2.05) is 6.07 Å². The first-order valence-electron chi connectivity index (χ1n) is 7.79. The molecule has 0 aliphatic heterocycles. The highest BCUT2D eigenvalue weighted by atomic mass is 16.3. The third kappa shape index (κ3) is 3.45. The maximum absolute atomic E-state index is 11.6. The van der Waals surface area contributed by atoms with E-state index < -0.39 is 11.5 Å². The Morgan fingerprint density at radius 3 is 2.77 bits per heavy atom. The van der Waals surface area contributed by atoms with Crippen LogP contribution in [0.5, 0.6) is 0 Å². The standard InChI is InChI=1S/C17H17N7O2/c1-17(2,26)9-22-13-4-14(20-8-12(13)15(19)25)24-16-11(7-23-24)3-10(5-18)6-21-16/h3-4,6-8,26H,9H2,1-2H3,(H2,19,25)(H,20,22). The summed E-state index contributed by atoms with van der Waals surface area (Å²) in [5.74, 6) is -0.218. The summed E-state index contributed by atoms with van der Waals surface area (Å²) >= 11 is 0. The van der Waals surface area contributed by atoms with Gasteiger partial charge in [0.1, 0.15) is 6.07 Å². The number of aromatic nitrogens is 4. The molecule has 0 aromatic carbocycles. The Bertz CT molecular complexity index is 1030. The Hall–Kier alpha value is -3.51. The third-order valence-electron chi connectivity index (χ3n) is 3.62. The first kappa shape index (κ1) is 17.3. The Morgan fingerprint density at radius 1 is 1.35 bits per heavy atom. The van der Waals surface area contributed by atoms with Gasteiger partial charge in [0.15, 0.2) is 11.5 Å². The number of anilines is 1. The van der Waals surface area contributed by atoms with E-state index in [2.05, 4.69) is 20.4 Å². The number of aliphatic hydroxyl groups is 1. The number of nitriles is 1. The molecule has 3 heterocycles. The second kappa shape index (κ2) is 6.42. The predicted molar refractivity (Wildman–Crippen MR) is 94.7 cm³/mol. The van der Waals surface area contributed by atoms with E-state index in [-0.39, 0.29) is 12.1 Å². The second-order valence-corrected chi connectivity index (χ2v) is 6.42. The lowest BCUT2D eigenvalue weighted by Gasteiger charge is -2.20. The number of amides is 1.